The van der Waals surface area contributed by atoms with Gasteiger partial charge >= 0.3 is 0 Å². The van der Waals surface area contributed by atoms with Crippen LogP contribution in [0.25, 0.3) is 0 Å². The molecule has 0 aliphatic rings. The van der Waals surface area contributed by atoms with Gasteiger partial charge in [0, 0.05) is 5.75 Å². The van der Waals surface area contributed by atoms with Crippen molar-refractivity contribution in [3.05, 3.63) is 51.6 Å². The molecule has 0 aliphatic heterocycles. The van der Waals surface area contributed by atoms with Crippen LogP contribution in [0.3, 0.4) is 0 Å². The van der Waals surface area contributed by atoms with E-state index in [1.807, 2.05) is 6.07 Å². The van der Waals surface area contributed by atoms with Crippen LogP contribution in [0.5, 0.6) is 0 Å². The molecule has 0 atom stereocenters. The molecule has 2 nitrogen and oxygen atoms in total. The zero-order chi connectivity index (χ0) is 13.1. The van der Waals surface area contributed by atoms with Crippen molar-refractivity contribution in [2.75, 3.05) is 5.73 Å². The van der Waals surface area contributed by atoms with Crippen molar-refractivity contribution in [2.45, 2.75) is 24.6 Å². The second-order valence-electron chi connectivity index (χ2n) is 4.34. The number of hydrogen-bond acceptors (Lipinski definition) is 3. The fourth-order valence-corrected chi connectivity index (χ4v) is 3.35. The van der Waals surface area contributed by atoms with Gasteiger partial charge in [-0.05, 0) is 41.4 Å². The number of rotatable bonds is 3. The average molecular weight is 323 g/mol. The highest BCUT2D eigenvalue weighted by Crippen LogP contribution is 2.29. The number of aryl methyl sites for hydroxylation is 2. The Kier molecular flexibility index (Phi) is 4.30. The molecule has 0 fully saturated rings. The number of thioether (sulfide) groups is 1. The third kappa shape index (κ3) is 3.50. The molecular formula is C14H15BrN2S. The maximum atomic E-state index is 5.67. The number of nitrogens with zero attached hydrogens (tertiary/aromatic N) is 1. The van der Waals surface area contributed by atoms with E-state index in [0.29, 0.717) is 5.69 Å². The van der Waals surface area contributed by atoms with E-state index in [0.717, 1.165) is 15.3 Å². The molecule has 0 unspecified atom stereocenters. The summed E-state index contributed by atoms with van der Waals surface area (Å²) in [6.45, 7) is 4.25. The lowest BCUT2D eigenvalue weighted by Crippen LogP contribution is -1.90. The van der Waals surface area contributed by atoms with Gasteiger partial charge in [-0.1, -0.05) is 29.3 Å². The largest absolute Gasteiger partial charge is 0.397 e. The van der Waals surface area contributed by atoms with Gasteiger partial charge in [0.05, 0.1) is 16.4 Å². The molecule has 0 radical (unpaired) electrons. The first kappa shape index (κ1) is 13.4. The standard InChI is InChI=1S/C14H15BrN2S/c1-9-3-10(2)5-11(4-9)8-18-14-13(15)6-12(16)7-17-14/h3-7H,8,16H2,1-2H3. The molecule has 18 heavy (non-hydrogen) atoms. The summed E-state index contributed by atoms with van der Waals surface area (Å²) in [4.78, 5) is 4.33. The van der Waals surface area contributed by atoms with Crippen LogP contribution in [0.2, 0.25) is 0 Å². The fourth-order valence-electron chi connectivity index (χ4n) is 1.85. The Morgan fingerprint density at radius 3 is 2.44 bits per heavy atom. The van der Waals surface area contributed by atoms with Gasteiger partial charge in [0.25, 0.3) is 0 Å². The Morgan fingerprint density at radius 2 is 1.83 bits per heavy atom. The fraction of sp³-hybridized carbons (Fsp3) is 0.214. The summed E-state index contributed by atoms with van der Waals surface area (Å²) in [7, 11) is 0. The van der Waals surface area contributed by atoms with Crippen molar-refractivity contribution in [1.82, 2.24) is 4.98 Å². The van der Waals surface area contributed by atoms with Crippen molar-refractivity contribution in [2.24, 2.45) is 0 Å². The third-order valence-electron chi connectivity index (χ3n) is 2.49. The van der Waals surface area contributed by atoms with Gasteiger partial charge in [0.1, 0.15) is 5.03 Å². The van der Waals surface area contributed by atoms with Crippen LogP contribution in [-0.2, 0) is 5.75 Å². The zero-order valence-electron chi connectivity index (χ0n) is 10.4. The molecule has 4 heteroatoms. The quantitative estimate of drug-likeness (QED) is 0.854. The van der Waals surface area contributed by atoms with Crippen molar-refractivity contribution >= 4 is 33.4 Å². The Morgan fingerprint density at radius 1 is 1.17 bits per heavy atom. The molecule has 1 aromatic heterocycles. The summed E-state index contributed by atoms with van der Waals surface area (Å²) >= 11 is 5.20. The normalized spacial score (nSPS) is 10.6. The topological polar surface area (TPSA) is 38.9 Å². The molecule has 1 aromatic carbocycles. The molecule has 0 spiro atoms. The van der Waals surface area contributed by atoms with E-state index >= 15 is 0 Å². The Bertz CT molecular complexity index is 549. The predicted octanol–water partition coefficient (Wildman–Crippen LogP) is 4.34. The van der Waals surface area contributed by atoms with E-state index < -0.39 is 0 Å². The van der Waals surface area contributed by atoms with Gasteiger partial charge in [-0.25, -0.2) is 4.98 Å². The molecule has 2 N–H and O–H groups in total. The molecule has 0 bridgehead atoms. The van der Waals surface area contributed by atoms with E-state index in [1.165, 1.54) is 16.7 Å². The second-order valence-corrected chi connectivity index (χ2v) is 6.16. The second kappa shape index (κ2) is 5.76. The zero-order valence-corrected chi connectivity index (χ0v) is 12.8. The lowest BCUT2D eigenvalue weighted by molar-refractivity contribution is 1.11. The molecule has 2 rings (SSSR count). The maximum Gasteiger partial charge on any atom is 0.111 e. The van der Waals surface area contributed by atoms with Gasteiger partial charge in [0.15, 0.2) is 0 Å². The molecule has 94 valence electrons. The monoisotopic (exact) mass is 322 g/mol. The summed E-state index contributed by atoms with van der Waals surface area (Å²) in [5, 5.41) is 0.975. The van der Waals surface area contributed by atoms with E-state index in [1.54, 1.807) is 18.0 Å². The first-order valence-corrected chi connectivity index (χ1v) is 7.43. The van der Waals surface area contributed by atoms with Crippen molar-refractivity contribution in [3.8, 4) is 0 Å². The predicted molar refractivity (Wildman–Crippen MR) is 81.8 cm³/mol. The summed E-state index contributed by atoms with van der Waals surface area (Å²) in [5.41, 5.74) is 10.3. The van der Waals surface area contributed by atoms with Gasteiger partial charge < -0.3 is 5.73 Å². The van der Waals surface area contributed by atoms with Crippen LogP contribution in [-0.4, -0.2) is 4.98 Å². The van der Waals surface area contributed by atoms with E-state index in [9.17, 15) is 0 Å². The molecule has 0 amide bonds. The Balaban J connectivity index is 2.11. The molecule has 2 aromatic rings. The SMILES string of the molecule is Cc1cc(C)cc(CSc2ncc(N)cc2Br)c1. The van der Waals surface area contributed by atoms with Gasteiger partial charge in [-0.2, -0.15) is 0 Å². The number of nitrogens with two attached hydrogens (primary N) is 1. The number of pyridine rings is 1. The number of benzene rings is 1. The third-order valence-corrected chi connectivity index (χ3v) is 4.43. The minimum Gasteiger partial charge on any atom is -0.397 e. The number of hydrogen-bond donors (Lipinski definition) is 1. The number of anilines is 1. The van der Waals surface area contributed by atoms with E-state index in [4.69, 9.17) is 5.73 Å². The molecule has 0 saturated heterocycles. The van der Waals surface area contributed by atoms with Crippen LogP contribution >= 0.6 is 27.7 Å². The van der Waals surface area contributed by atoms with Crippen LogP contribution in [0, 0.1) is 13.8 Å². The highest BCUT2D eigenvalue weighted by atomic mass is 79.9. The lowest BCUT2D eigenvalue weighted by Gasteiger charge is -2.06. The first-order chi connectivity index (χ1) is 8.54. The molecular weight excluding hydrogens is 308 g/mol. The van der Waals surface area contributed by atoms with Crippen molar-refractivity contribution < 1.29 is 0 Å². The maximum absolute atomic E-state index is 5.67. The van der Waals surface area contributed by atoms with Crippen LogP contribution < -0.4 is 5.73 Å². The Hall–Kier alpha value is -1.00. The van der Waals surface area contributed by atoms with Gasteiger partial charge in [-0.3, -0.25) is 0 Å². The Labute approximate surface area is 120 Å². The van der Waals surface area contributed by atoms with Gasteiger partial charge in [0.2, 0.25) is 0 Å². The van der Waals surface area contributed by atoms with E-state index in [2.05, 4.69) is 53.0 Å². The number of nitrogen functional groups attached to an aromatic ring is 1. The molecule has 0 saturated carbocycles. The summed E-state index contributed by atoms with van der Waals surface area (Å²) in [5.74, 6) is 0.915. The van der Waals surface area contributed by atoms with Crippen LogP contribution in [0.15, 0.2) is 40.0 Å². The first-order valence-electron chi connectivity index (χ1n) is 5.65. The summed E-state index contributed by atoms with van der Waals surface area (Å²) in [6.07, 6.45) is 1.69. The summed E-state index contributed by atoms with van der Waals surface area (Å²) in [6, 6.07) is 8.50. The molecule has 0 aliphatic carbocycles. The van der Waals surface area contributed by atoms with Crippen LogP contribution in [0.4, 0.5) is 5.69 Å². The van der Waals surface area contributed by atoms with Gasteiger partial charge in [-0.15, -0.1) is 11.8 Å². The highest BCUT2D eigenvalue weighted by Gasteiger charge is 2.04. The minimum absolute atomic E-state index is 0.678. The highest BCUT2D eigenvalue weighted by molar-refractivity contribution is 9.10. The minimum atomic E-state index is 0.678. The lowest BCUT2D eigenvalue weighted by atomic mass is 10.1. The smallest absolute Gasteiger partial charge is 0.111 e. The van der Waals surface area contributed by atoms with Crippen molar-refractivity contribution in [1.29, 1.82) is 0 Å². The summed E-state index contributed by atoms with van der Waals surface area (Å²) < 4.78 is 0.955. The number of aromatic nitrogens is 1. The van der Waals surface area contributed by atoms with Crippen molar-refractivity contribution in [3.63, 3.8) is 0 Å². The van der Waals surface area contributed by atoms with E-state index in [-0.39, 0.29) is 0 Å². The average Bonchev–Trinajstić information content (AvgIpc) is 2.26. The molecule has 1 heterocycles. The number of halogens is 1. The van der Waals surface area contributed by atoms with Crippen LogP contribution in [0.1, 0.15) is 16.7 Å².